The average molecular weight is 274 g/mol. The van der Waals surface area contributed by atoms with Gasteiger partial charge in [0.1, 0.15) is 6.61 Å². The second-order valence-corrected chi connectivity index (χ2v) is 5.01. The van der Waals surface area contributed by atoms with Crippen LogP contribution in [0.2, 0.25) is 0 Å². The molecule has 0 saturated carbocycles. The lowest BCUT2D eigenvalue weighted by Gasteiger charge is -2.05. The third kappa shape index (κ3) is 2.39. The summed E-state index contributed by atoms with van der Waals surface area (Å²) in [6.45, 7) is 4.32. The van der Waals surface area contributed by atoms with Crippen LogP contribution in [0.15, 0.2) is 35.2 Å². The molecule has 2 heterocycles. The first-order chi connectivity index (χ1) is 9.63. The number of hydrogen-bond donors (Lipinski definition) is 1. The van der Waals surface area contributed by atoms with Gasteiger partial charge in [-0.25, -0.2) is 9.37 Å². The third-order valence-corrected chi connectivity index (χ3v) is 3.17. The molecule has 3 rings (SSSR count). The largest absolute Gasteiger partial charge is 0.482 e. The number of H-pyrrole nitrogens is 1. The number of rotatable bonds is 4. The molecule has 20 heavy (non-hydrogen) atoms. The fourth-order valence-corrected chi connectivity index (χ4v) is 2.04. The van der Waals surface area contributed by atoms with Gasteiger partial charge < -0.3 is 14.1 Å². The fourth-order valence-electron chi connectivity index (χ4n) is 2.04. The summed E-state index contributed by atoms with van der Waals surface area (Å²) in [7, 11) is 0. The SMILES string of the molecule is CC(C)c1cc2cc(F)c(OCc3cnco3)cc2[nH]1. The molecule has 4 nitrogen and oxygen atoms in total. The van der Waals surface area contributed by atoms with Crippen LogP contribution in [0, 0.1) is 5.82 Å². The maximum absolute atomic E-state index is 14.0. The molecule has 104 valence electrons. The summed E-state index contributed by atoms with van der Waals surface area (Å²) in [6.07, 6.45) is 2.86. The number of oxazole rings is 1. The van der Waals surface area contributed by atoms with Crippen molar-refractivity contribution >= 4 is 10.9 Å². The first kappa shape index (κ1) is 12.7. The Labute approximate surface area is 115 Å². The van der Waals surface area contributed by atoms with Crippen LogP contribution >= 0.6 is 0 Å². The highest BCUT2D eigenvalue weighted by molar-refractivity contribution is 5.82. The Bertz CT molecular complexity index is 717. The van der Waals surface area contributed by atoms with E-state index in [1.807, 2.05) is 6.07 Å². The Morgan fingerprint density at radius 1 is 1.35 bits per heavy atom. The van der Waals surface area contributed by atoms with Crippen molar-refractivity contribution < 1.29 is 13.5 Å². The Hall–Kier alpha value is -2.30. The summed E-state index contributed by atoms with van der Waals surface area (Å²) in [5, 5.41) is 0.846. The van der Waals surface area contributed by atoms with Crippen LogP contribution in [-0.4, -0.2) is 9.97 Å². The highest BCUT2D eigenvalue weighted by Gasteiger charge is 2.11. The van der Waals surface area contributed by atoms with Gasteiger partial charge in [-0.2, -0.15) is 0 Å². The van der Waals surface area contributed by atoms with Gasteiger partial charge >= 0.3 is 0 Å². The maximum atomic E-state index is 14.0. The number of ether oxygens (including phenoxy) is 1. The number of halogens is 1. The molecule has 2 aromatic heterocycles. The number of benzene rings is 1. The van der Waals surface area contributed by atoms with Crippen molar-refractivity contribution in [3.63, 3.8) is 0 Å². The molecule has 0 aliphatic carbocycles. The average Bonchev–Trinajstić information content (AvgIpc) is 3.04. The van der Waals surface area contributed by atoms with Crippen molar-refractivity contribution in [1.82, 2.24) is 9.97 Å². The van der Waals surface area contributed by atoms with Gasteiger partial charge in [0.25, 0.3) is 0 Å². The van der Waals surface area contributed by atoms with Crippen molar-refractivity contribution in [2.75, 3.05) is 0 Å². The standard InChI is InChI=1S/C15H15FN2O2/c1-9(2)13-4-10-3-12(16)15(5-14(10)18-13)19-7-11-6-17-8-20-11/h3-6,8-9,18H,7H2,1-2H3. The molecule has 0 aliphatic rings. The van der Waals surface area contributed by atoms with Gasteiger partial charge in [0.05, 0.1) is 6.20 Å². The Balaban J connectivity index is 1.88. The molecule has 0 bridgehead atoms. The Morgan fingerprint density at radius 3 is 2.90 bits per heavy atom. The van der Waals surface area contributed by atoms with Crippen LogP contribution in [0.4, 0.5) is 4.39 Å². The number of hydrogen-bond acceptors (Lipinski definition) is 3. The minimum absolute atomic E-state index is 0.153. The molecule has 0 amide bonds. The summed E-state index contributed by atoms with van der Waals surface area (Å²) in [6, 6.07) is 5.11. The second-order valence-electron chi connectivity index (χ2n) is 5.01. The van der Waals surface area contributed by atoms with E-state index in [1.165, 1.54) is 12.5 Å². The molecular weight excluding hydrogens is 259 g/mol. The van der Waals surface area contributed by atoms with Gasteiger partial charge in [-0.15, -0.1) is 0 Å². The van der Waals surface area contributed by atoms with Crippen LogP contribution in [0.1, 0.15) is 31.2 Å². The summed E-state index contributed by atoms with van der Waals surface area (Å²) in [5.74, 6) is 0.736. The number of nitrogens with one attached hydrogen (secondary N) is 1. The van der Waals surface area contributed by atoms with Gasteiger partial charge in [-0.1, -0.05) is 13.8 Å². The summed E-state index contributed by atoms with van der Waals surface area (Å²) >= 11 is 0. The minimum atomic E-state index is -0.383. The molecule has 0 atom stereocenters. The fraction of sp³-hybridized carbons (Fsp3) is 0.267. The monoisotopic (exact) mass is 274 g/mol. The van der Waals surface area contributed by atoms with Gasteiger partial charge in [-0.05, 0) is 18.1 Å². The van der Waals surface area contributed by atoms with Crippen molar-refractivity contribution in [2.24, 2.45) is 0 Å². The van der Waals surface area contributed by atoms with Gasteiger partial charge in [-0.3, -0.25) is 0 Å². The van der Waals surface area contributed by atoms with Crippen LogP contribution in [0.3, 0.4) is 0 Å². The van der Waals surface area contributed by atoms with Crippen LogP contribution in [0.5, 0.6) is 5.75 Å². The molecule has 0 aliphatic heterocycles. The zero-order chi connectivity index (χ0) is 14.1. The normalized spacial score (nSPS) is 11.4. The summed E-state index contributed by atoms with van der Waals surface area (Å²) < 4.78 is 24.5. The predicted molar refractivity (Wildman–Crippen MR) is 73.2 cm³/mol. The molecule has 3 aromatic rings. The summed E-state index contributed by atoms with van der Waals surface area (Å²) in [4.78, 5) is 7.06. The van der Waals surface area contributed by atoms with Gasteiger partial charge in [0.15, 0.2) is 23.7 Å². The van der Waals surface area contributed by atoms with E-state index >= 15 is 0 Å². The van der Waals surface area contributed by atoms with E-state index in [9.17, 15) is 4.39 Å². The third-order valence-electron chi connectivity index (χ3n) is 3.17. The molecule has 5 heteroatoms. The molecule has 1 N–H and O–H groups in total. The van der Waals surface area contributed by atoms with Crippen LogP contribution in [-0.2, 0) is 6.61 Å². The zero-order valence-corrected chi connectivity index (χ0v) is 11.3. The van der Waals surface area contributed by atoms with Crippen LogP contribution in [0.25, 0.3) is 10.9 Å². The highest BCUT2D eigenvalue weighted by Crippen LogP contribution is 2.28. The van der Waals surface area contributed by atoms with Crippen molar-refractivity contribution in [3.8, 4) is 5.75 Å². The topological polar surface area (TPSA) is 51.1 Å². The smallest absolute Gasteiger partial charge is 0.181 e. The first-order valence-corrected chi connectivity index (χ1v) is 6.46. The molecule has 0 spiro atoms. The lowest BCUT2D eigenvalue weighted by Crippen LogP contribution is -1.96. The van der Waals surface area contributed by atoms with Gasteiger partial charge in [0, 0.05) is 22.7 Å². The first-order valence-electron chi connectivity index (χ1n) is 6.46. The lowest BCUT2D eigenvalue weighted by atomic mass is 10.1. The van der Waals surface area contributed by atoms with Crippen molar-refractivity contribution in [3.05, 3.63) is 48.1 Å². The molecule has 0 radical (unpaired) electrons. The van der Waals surface area contributed by atoms with E-state index in [2.05, 4.69) is 23.8 Å². The zero-order valence-electron chi connectivity index (χ0n) is 11.3. The summed E-state index contributed by atoms with van der Waals surface area (Å²) in [5.41, 5.74) is 1.94. The van der Waals surface area contributed by atoms with E-state index in [-0.39, 0.29) is 18.2 Å². The molecular formula is C15H15FN2O2. The number of nitrogens with zero attached hydrogens (tertiary/aromatic N) is 1. The van der Waals surface area contributed by atoms with Crippen molar-refractivity contribution in [2.45, 2.75) is 26.4 Å². The minimum Gasteiger partial charge on any atom is -0.482 e. The van der Waals surface area contributed by atoms with Gasteiger partial charge in [0.2, 0.25) is 0 Å². The number of aromatic nitrogens is 2. The quantitative estimate of drug-likeness (QED) is 0.782. The lowest BCUT2D eigenvalue weighted by molar-refractivity contribution is 0.259. The molecule has 0 fully saturated rings. The Morgan fingerprint density at radius 2 is 2.20 bits per heavy atom. The molecule has 0 saturated heterocycles. The van der Waals surface area contributed by atoms with Crippen molar-refractivity contribution in [1.29, 1.82) is 0 Å². The Kier molecular flexibility index (Phi) is 3.18. The molecule has 0 unspecified atom stereocenters. The predicted octanol–water partition coefficient (Wildman–Crippen LogP) is 4.00. The maximum Gasteiger partial charge on any atom is 0.181 e. The molecule has 1 aromatic carbocycles. The van der Waals surface area contributed by atoms with E-state index in [1.54, 1.807) is 12.3 Å². The number of fused-ring (bicyclic) bond motifs is 1. The van der Waals surface area contributed by atoms with E-state index in [0.29, 0.717) is 11.7 Å². The van der Waals surface area contributed by atoms with E-state index in [0.717, 1.165) is 16.6 Å². The van der Waals surface area contributed by atoms with E-state index in [4.69, 9.17) is 9.15 Å². The second kappa shape index (κ2) is 5.00. The highest BCUT2D eigenvalue weighted by atomic mass is 19.1. The van der Waals surface area contributed by atoms with E-state index < -0.39 is 0 Å². The number of aromatic amines is 1. The van der Waals surface area contributed by atoms with Crippen LogP contribution < -0.4 is 4.74 Å².